The first-order valence-corrected chi connectivity index (χ1v) is 11.8. The van der Waals surface area contributed by atoms with Crippen molar-refractivity contribution in [3.63, 3.8) is 0 Å². The first-order valence-electron chi connectivity index (χ1n) is 11.8. The van der Waals surface area contributed by atoms with Crippen LogP contribution in [0.1, 0.15) is 48.8 Å². The Hall–Kier alpha value is -3.43. The summed E-state index contributed by atoms with van der Waals surface area (Å²) in [4.78, 5) is 24.2. The molecule has 2 N–H and O–H groups in total. The number of aromatic nitrogens is 4. The van der Waals surface area contributed by atoms with Gasteiger partial charge in [-0.15, -0.1) is 0 Å². The van der Waals surface area contributed by atoms with E-state index in [0.29, 0.717) is 11.2 Å². The minimum Gasteiger partial charge on any atom is -0.381 e. The predicted octanol–water partition coefficient (Wildman–Crippen LogP) is 4.23. The molecule has 4 aromatic rings. The molecule has 9 heteroatoms. The molecule has 1 aromatic carbocycles. The van der Waals surface area contributed by atoms with Crippen LogP contribution in [0.4, 0.5) is 10.2 Å². The fraction of sp³-hybridized carbons (Fsp3) is 0.385. The van der Waals surface area contributed by atoms with Crippen LogP contribution in [0.25, 0.3) is 21.9 Å². The van der Waals surface area contributed by atoms with E-state index in [1.807, 2.05) is 44.3 Å². The van der Waals surface area contributed by atoms with Gasteiger partial charge in [0.2, 0.25) is 0 Å². The minimum absolute atomic E-state index is 0.0275. The van der Waals surface area contributed by atoms with E-state index < -0.39 is 11.6 Å². The predicted molar refractivity (Wildman–Crippen MR) is 128 cm³/mol. The van der Waals surface area contributed by atoms with E-state index in [1.54, 1.807) is 0 Å². The zero-order chi connectivity index (χ0) is 24.3. The number of benzene rings is 1. The smallest absolute Gasteiger partial charge is 0.169 e. The third-order valence-corrected chi connectivity index (χ3v) is 7.23. The average molecular weight is 476 g/mol. The van der Waals surface area contributed by atoms with Gasteiger partial charge in [0.15, 0.2) is 23.7 Å². The number of carbonyl (C=O) groups excluding carboxylic acids is 1. The Morgan fingerprint density at radius 2 is 2.03 bits per heavy atom. The van der Waals surface area contributed by atoms with E-state index in [2.05, 4.69) is 19.5 Å². The highest BCUT2D eigenvalue weighted by Crippen LogP contribution is 2.49. The zero-order valence-electron chi connectivity index (χ0n) is 19.5. The van der Waals surface area contributed by atoms with Crippen molar-refractivity contribution < 1.29 is 18.7 Å². The number of anilines is 1. The van der Waals surface area contributed by atoms with Crippen LogP contribution in [0.3, 0.4) is 0 Å². The molecular weight excluding hydrogens is 449 g/mol. The molecule has 6 rings (SSSR count). The topological polar surface area (TPSA) is 105 Å². The standard InChI is InChI=1S/C26H26FN5O3/c1-26(2)34-22-16(6-4-14-3-5-15-10-18(27)24(28)31-19(15)9-14)11-21(23(22)35-26)32-8-7-17-20(12-33)29-13-30-25(17)32/h3,5,7-10,12-13,16,21-23H,4,6,11H2,1-2H3,(H2,28,31)/t16-,21+,22+,23-/m0/s1. The van der Waals surface area contributed by atoms with Crippen molar-refractivity contribution in [2.24, 2.45) is 5.92 Å². The first-order chi connectivity index (χ1) is 16.8. The normalized spacial score (nSPS) is 25.3. The quantitative estimate of drug-likeness (QED) is 0.431. The first kappa shape index (κ1) is 22.1. The molecule has 180 valence electrons. The van der Waals surface area contributed by atoms with E-state index in [0.717, 1.165) is 47.5 Å². The number of hydrogen-bond donors (Lipinski definition) is 1. The van der Waals surface area contributed by atoms with E-state index >= 15 is 0 Å². The monoisotopic (exact) mass is 475 g/mol. The molecule has 35 heavy (non-hydrogen) atoms. The Morgan fingerprint density at radius 1 is 1.20 bits per heavy atom. The summed E-state index contributed by atoms with van der Waals surface area (Å²) in [5.74, 6) is -1.00. The SMILES string of the molecule is CC1(C)O[C@@H]2[C@@H](CCc3ccc4cc(F)c(N)nc4c3)C[C@@H](n3ccc4c(C=O)ncnc43)[C@@H]2O1. The highest BCUT2D eigenvalue weighted by molar-refractivity contribution is 5.93. The van der Waals surface area contributed by atoms with Gasteiger partial charge in [-0.05, 0) is 62.8 Å². The number of nitrogens with two attached hydrogens (primary N) is 1. The molecule has 0 bridgehead atoms. The van der Waals surface area contributed by atoms with Gasteiger partial charge in [0, 0.05) is 17.0 Å². The highest BCUT2D eigenvalue weighted by Gasteiger charge is 2.54. The molecule has 4 heterocycles. The second kappa shape index (κ2) is 8.07. The van der Waals surface area contributed by atoms with Gasteiger partial charge in [0.05, 0.1) is 17.7 Å². The number of rotatable bonds is 5. The average Bonchev–Trinajstić information content (AvgIpc) is 3.49. The van der Waals surface area contributed by atoms with Gasteiger partial charge in [0.25, 0.3) is 0 Å². The Bertz CT molecular complexity index is 1450. The molecule has 8 nitrogen and oxygen atoms in total. The summed E-state index contributed by atoms with van der Waals surface area (Å²) in [6.07, 6.45) is 6.55. The van der Waals surface area contributed by atoms with Crippen molar-refractivity contribution in [2.75, 3.05) is 5.73 Å². The summed E-state index contributed by atoms with van der Waals surface area (Å²) in [6, 6.07) is 9.20. The number of ether oxygens (including phenoxy) is 2. The van der Waals surface area contributed by atoms with Crippen molar-refractivity contribution in [3.8, 4) is 0 Å². The fourth-order valence-electron chi connectivity index (χ4n) is 5.67. The lowest BCUT2D eigenvalue weighted by molar-refractivity contribution is -0.160. The summed E-state index contributed by atoms with van der Waals surface area (Å²) in [7, 11) is 0. The van der Waals surface area contributed by atoms with Gasteiger partial charge in [-0.3, -0.25) is 4.79 Å². The summed E-state index contributed by atoms with van der Waals surface area (Å²) < 4.78 is 28.6. The number of nitrogen functional groups attached to an aromatic ring is 1. The van der Waals surface area contributed by atoms with Crippen molar-refractivity contribution >= 4 is 34.0 Å². The molecule has 0 radical (unpaired) electrons. The lowest BCUT2D eigenvalue weighted by atomic mass is 9.95. The van der Waals surface area contributed by atoms with Gasteiger partial charge in [-0.2, -0.15) is 0 Å². The molecule has 1 aliphatic carbocycles. The van der Waals surface area contributed by atoms with Crippen molar-refractivity contribution in [1.82, 2.24) is 19.5 Å². The Morgan fingerprint density at radius 3 is 2.86 bits per heavy atom. The van der Waals surface area contributed by atoms with Crippen LogP contribution < -0.4 is 5.73 Å². The Kier molecular flexibility index (Phi) is 5.08. The molecule has 2 aliphatic rings. The highest BCUT2D eigenvalue weighted by atomic mass is 19.1. The summed E-state index contributed by atoms with van der Waals surface area (Å²) in [6.45, 7) is 3.89. The van der Waals surface area contributed by atoms with Crippen LogP contribution in [-0.4, -0.2) is 43.8 Å². The lowest BCUT2D eigenvalue weighted by Gasteiger charge is -2.24. The van der Waals surface area contributed by atoms with Crippen LogP contribution in [-0.2, 0) is 15.9 Å². The van der Waals surface area contributed by atoms with Gasteiger partial charge >= 0.3 is 0 Å². The summed E-state index contributed by atoms with van der Waals surface area (Å²) in [5.41, 5.74) is 8.58. The van der Waals surface area contributed by atoms with Crippen LogP contribution in [0.2, 0.25) is 0 Å². The number of fused-ring (bicyclic) bond motifs is 3. The van der Waals surface area contributed by atoms with Crippen molar-refractivity contribution in [2.45, 2.75) is 57.1 Å². The molecule has 1 saturated heterocycles. The lowest BCUT2D eigenvalue weighted by Crippen LogP contribution is -2.27. The molecule has 4 atom stereocenters. The van der Waals surface area contributed by atoms with Crippen LogP contribution in [0.5, 0.6) is 0 Å². The maximum atomic E-state index is 13.7. The molecule has 0 spiro atoms. The molecule has 2 fully saturated rings. The maximum absolute atomic E-state index is 13.7. The van der Waals surface area contributed by atoms with Gasteiger partial charge in [0.1, 0.15) is 23.8 Å². The Balaban J connectivity index is 1.27. The summed E-state index contributed by atoms with van der Waals surface area (Å²) >= 11 is 0. The number of hydrogen-bond acceptors (Lipinski definition) is 7. The molecule has 3 aromatic heterocycles. The molecule has 1 saturated carbocycles. The number of carbonyl (C=O) groups is 1. The third kappa shape index (κ3) is 3.75. The third-order valence-electron chi connectivity index (χ3n) is 7.23. The summed E-state index contributed by atoms with van der Waals surface area (Å²) in [5, 5.41) is 1.46. The number of aldehydes is 1. The number of aryl methyl sites for hydroxylation is 1. The van der Waals surface area contributed by atoms with Crippen molar-refractivity contribution in [3.05, 3.63) is 59.9 Å². The van der Waals surface area contributed by atoms with Crippen LogP contribution in [0.15, 0.2) is 42.9 Å². The fourth-order valence-corrected chi connectivity index (χ4v) is 5.67. The van der Waals surface area contributed by atoms with E-state index in [-0.39, 0.29) is 30.0 Å². The van der Waals surface area contributed by atoms with E-state index in [1.165, 1.54) is 12.4 Å². The van der Waals surface area contributed by atoms with E-state index in [9.17, 15) is 9.18 Å². The second-order valence-corrected chi connectivity index (χ2v) is 9.89. The zero-order valence-corrected chi connectivity index (χ0v) is 19.5. The second-order valence-electron chi connectivity index (χ2n) is 9.89. The number of pyridine rings is 1. The van der Waals surface area contributed by atoms with Crippen molar-refractivity contribution in [1.29, 1.82) is 0 Å². The molecular formula is C26H26FN5O3. The van der Waals surface area contributed by atoms with Gasteiger partial charge in [-0.1, -0.05) is 12.1 Å². The van der Waals surface area contributed by atoms with E-state index in [4.69, 9.17) is 15.2 Å². The maximum Gasteiger partial charge on any atom is 0.169 e. The van der Waals surface area contributed by atoms with Gasteiger partial charge in [-0.25, -0.2) is 19.3 Å². The molecule has 0 amide bonds. The van der Waals surface area contributed by atoms with Crippen LogP contribution in [0, 0.1) is 11.7 Å². The molecule has 1 aliphatic heterocycles. The molecule has 0 unspecified atom stereocenters. The Labute approximate surface area is 201 Å². The number of halogens is 1. The number of nitrogens with zero attached hydrogens (tertiary/aromatic N) is 4. The minimum atomic E-state index is -0.674. The van der Waals surface area contributed by atoms with Gasteiger partial charge < -0.3 is 19.8 Å². The van der Waals surface area contributed by atoms with Crippen LogP contribution >= 0.6 is 0 Å². The largest absolute Gasteiger partial charge is 0.381 e.